The van der Waals surface area contributed by atoms with Crippen LogP contribution in [-0.2, 0) is 9.59 Å². The lowest BCUT2D eigenvalue weighted by atomic mass is 9.65. The zero-order chi connectivity index (χ0) is 15.1. The summed E-state index contributed by atoms with van der Waals surface area (Å²) in [6, 6.07) is 0.183. The molecule has 0 aromatic carbocycles. The molecule has 114 valence electrons. The molecule has 1 aliphatic carbocycles. The SMILES string of the molecule is CN(CCO)C(=O)C(=O)N1CC2(C)CC1CC(C)(C)C2. The number of hydrogen-bond donors (Lipinski definition) is 1. The van der Waals surface area contributed by atoms with Crippen molar-refractivity contribution in [2.75, 3.05) is 26.7 Å². The highest BCUT2D eigenvalue weighted by molar-refractivity contribution is 6.35. The van der Waals surface area contributed by atoms with Gasteiger partial charge in [0.25, 0.3) is 0 Å². The van der Waals surface area contributed by atoms with E-state index in [1.807, 2.05) is 0 Å². The van der Waals surface area contributed by atoms with E-state index in [1.54, 1.807) is 11.9 Å². The van der Waals surface area contributed by atoms with Crippen LogP contribution in [0.4, 0.5) is 0 Å². The Morgan fingerprint density at radius 1 is 1.30 bits per heavy atom. The monoisotopic (exact) mass is 282 g/mol. The standard InChI is InChI=1S/C15H26N2O3/c1-14(2)7-11-8-15(3,9-14)10-17(11)13(20)12(19)16(4)5-6-18/h11,18H,5-10H2,1-4H3. The summed E-state index contributed by atoms with van der Waals surface area (Å²) >= 11 is 0. The van der Waals surface area contributed by atoms with Crippen molar-refractivity contribution in [3.8, 4) is 0 Å². The van der Waals surface area contributed by atoms with Crippen LogP contribution in [-0.4, -0.2) is 59.5 Å². The molecular formula is C15H26N2O3. The van der Waals surface area contributed by atoms with Crippen molar-refractivity contribution in [3.05, 3.63) is 0 Å². The molecule has 2 bridgehead atoms. The number of amides is 2. The molecule has 1 aliphatic heterocycles. The first-order chi connectivity index (χ1) is 9.17. The molecule has 0 spiro atoms. The minimum atomic E-state index is -0.506. The third-order valence-electron chi connectivity index (χ3n) is 4.64. The molecule has 0 aromatic rings. The molecule has 5 nitrogen and oxygen atoms in total. The van der Waals surface area contributed by atoms with Crippen molar-refractivity contribution >= 4 is 11.8 Å². The molecule has 1 saturated heterocycles. The van der Waals surface area contributed by atoms with E-state index in [2.05, 4.69) is 20.8 Å². The molecule has 2 rings (SSSR count). The second-order valence-corrected chi connectivity index (χ2v) is 7.60. The largest absolute Gasteiger partial charge is 0.395 e. The number of likely N-dealkylation sites (N-methyl/N-ethyl adjacent to an activating group) is 1. The van der Waals surface area contributed by atoms with E-state index in [9.17, 15) is 9.59 Å². The number of rotatable bonds is 2. The van der Waals surface area contributed by atoms with E-state index in [1.165, 1.54) is 4.90 Å². The third-order valence-corrected chi connectivity index (χ3v) is 4.64. The molecule has 1 heterocycles. The highest BCUT2D eigenvalue weighted by atomic mass is 16.3. The van der Waals surface area contributed by atoms with Crippen LogP contribution in [0, 0.1) is 10.8 Å². The molecule has 2 aliphatic rings. The Bertz CT molecular complexity index is 421. The number of hydrogen-bond acceptors (Lipinski definition) is 3. The first-order valence-corrected chi connectivity index (χ1v) is 7.34. The van der Waals surface area contributed by atoms with E-state index < -0.39 is 11.8 Å². The number of fused-ring (bicyclic) bond motifs is 2. The van der Waals surface area contributed by atoms with E-state index in [4.69, 9.17) is 5.11 Å². The molecule has 1 N–H and O–H groups in total. The van der Waals surface area contributed by atoms with Gasteiger partial charge in [-0.2, -0.15) is 0 Å². The van der Waals surface area contributed by atoms with Gasteiger partial charge < -0.3 is 14.9 Å². The fraction of sp³-hybridized carbons (Fsp3) is 0.867. The molecular weight excluding hydrogens is 256 g/mol. The smallest absolute Gasteiger partial charge is 0.312 e. The minimum Gasteiger partial charge on any atom is -0.395 e. The Balaban J connectivity index is 2.11. The van der Waals surface area contributed by atoms with Crippen LogP contribution in [0.15, 0.2) is 0 Å². The maximum Gasteiger partial charge on any atom is 0.312 e. The third kappa shape index (κ3) is 2.82. The maximum absolute atomic E-state index is 12.4. The maximum atomic E-state index is 12.4. The number of carbonyl (C=O) groups excluding carboxylic acids is 2. The zero-order valence-corrected chi connectivity index (χ0v) is 13.0. The minimum absolute atomic E-state index is 0.121. The van der Waals surface area contributed by atoms with Gasteiger partial charge in [-0.25, -0.2) is 0 Å². The van der Waals surface area contributed by atoms with Gasteiger partial charge in [-0.15, -0.1) is 0 Å². The van der Waals surface area contributed by atoms with Gasteiger partial charge in [0.1, 0.15) is 0 Å². The van der Waals surface area contributed by atoms with Crippen molar-refractivity contribution in [1.82, 2.24) is 9.80 Å². The first kappa shape index (κ1) is 15.3. The summed E-state index contributed by atoms with van der Waals surface area (Å²) in [5.74, 6) is -0.916. The van der Waals surface area contributed by atoms with Crippen LogP contribution in [0.5, 0.6) is 0 Å². The van der Waals surface area contributed by atoms with Crippen LogP contribution >= 0.6 is 0 Å². The average Bonchev–Trinajstić information content (AvgIpc) is 2.57. The molecule has 2 atom stereocenters. The number of carbonyl (C=O) groups is 2. The Labute approximate surface area is 120 Å². The predicted molar refractivity (Wildman–Crippen MR) is 76.0 cm³/mol. The fourth-order valence-corrected chi connectivity index (χ4v) is 4.24. The van der Waals surface area contributed by atoms with Crippen LogP contribution in [0.3, 0.4) is 0 Å². The van der Waals surface area contributed by atoms with E-state index in [-0.39, 0.29) is 30.0 Å². The molecule has 0 radical (unpaired) electrons. The topological polar surface area (TPSA) is 60.9 Å². The van der Waals surface area contributed by atoms with E-state index in [0.717, 1.165) is 19.3 Å². The highest BCUT2D eigenvalue weighted by Gasteiger charge is 2.51. The lowest BCUT2D eigenvalue weighted by Crippen LogP contribution is -2.47. The summed E-state index contributed by atoms with van der Waals surface area (Å²) in [5.41, 5.74) is 0.366. The molecule has 2 amide bonds. The van der Waals surface area contributed by atoms with Gasteiger partial charge in [0.05, 0.1) is 6.61 Å². The molecule has 2 unspecified atom stereocenters. The Morgan fingerprint density at radius 2 is 1.95 bits per heavy atom. The predicted octanol–water partition coefficient (Wildman–Crippen LogP) is 0.864. The van der Waals surface area contributed by atoms with Gasteiger partial charge in [-0.3, -0.25) is 9.59 Å². The highest BCUT2D eigenvalue weighted by Crippen LogP contribution is 2.52. The summed E-state index contributed by atoms with van der Waals surface area (Å²) in [6.07, 6.45) is 3.06. The van der Waals surface area contributed by atoms with E-state index in [0.29, 0.717) is 6.54 Å². The number of aliphatic hydroxyl groups is 1. The summed E-state index contributed by atoms with van der Waals surface area (Å²) in [7, 11) is 1.56. The van der Waals surface area contributed by atoms with Gasteiger partial charge in [-0.1, -0.05) is 20.8 Å². The molecule has 1 saturated carbocycles. The quantitative estimate of drug-likeness (QED) is 0.764. The van der Waals surface area contributed by atoms with Crippen LogP contribution in [0.2, 0.25) is 0 Å². The number of likely N-dealkylation sites (tertiary alicyclic amines) is 1. The summed E-state index contributed by atoms with van der Waals surface area (Å²) in [6.45, 7) is 7.46. The van der Waals surface area contributed by atoms with Crippen LogP contribution in [0.1, 0.15) is 40.0 Å². The van der Waals surface area contributed by atoms with Crippen molar-refractivity contribution in [1.29, 1.82) is 0 Å². The summed E-state index contributed by atoms with van der Waals surface area (Å²) < 4.78 is 0. The lowest BCUT2D eigenvalue weighted by Gasteiger charge is -2.39. The Hall–Kier alpha value is -1.10. The number of aliphatic hydroxyl groups excluding tert-OH is 1. The van der Waals surface area contributed by atoms with Gasteiger partial charge in [0, 0.05) is 26.2 Å². The first-order valence-electron chi connectivity index (χ1n) is 7.34. The molecule has 20 heavy (non-hydrogen) atoms. The fourth-order valence-electron chi connectivity index (χ4n) is 4.24. The van der Waals surface area contributed by atoms with Gasteiger partial charge >= 0.3 is 11.8 Å². The van der Waals surface area contributed by atoms with Crippen LogP contribution < -0.4 is 0 Å². The van der Waals surface area contributed by atoms with Crippen molar-refractivity contribution in [2.24, 2.45) is 10.8 Å². The van der Waals surface area contributed by atoms with Crippen molar-refractivity contribution in [2.45, 2.75) is 46.1 Å². The van der Waals surface area contributed by atoms with Gasteiger partial charge in [-0.05, 0) is 30.1 Å². The second-order valence-electron chi connectivity index (χ2n) is 7.60. The zero-order valence-electron chi connectivity index (χ0n) is 13.0. The molecule has 2 fully saturated rings. The van der Waals surface area contributed by atoms with Crippen molar-refractivity contribution < 1.29 is 14.7 Å². The summed E-state index contributed by atoms with van der Waals surface area (Å²) in [5, 5.41) is 8.87. The second kappa shape index (κ2) is 5.02. The Kier molecular flexibility index (Phi) is 3.84. The van der Waals surface area contributed by atoms with Crippen molar-refractivity contribution in [3.63, 3.8) is 0 Å². The lowest BCUT2D eigenvalue weighted by molar-refractivity contribution is -0.152. The molecule has 0 aromatic heterocycles. The summed E-state index contributed by atoms with van der Waals surface area (Å²) in [4.78, 5) is 27.6. The Morgan fingerprint density at radius 3 is 2.55 bits per heavy atom. The molecule has 5 heteroatoms. The van der Waals surface area contributed by atoms with Gasteiger partial charge in [0.2, 0.25) is 0 Å². The average molecular weight is 282 g/mol. The van der Waals surface area contributed by atoms with Crippen LogP contribution in [0.25, 0.3) is 0 Å². The normalized spacial score (nSPS) is 31.2. The number of nitrogens with zero attached hydrogens (tertiary/aromatic N) is 2. The van der Waals surface area contributed by atoms with Gasteiger partial charge in [0.15, 0.2) is 0 Å². The van der Waals surface area contributed by atoms with E-state index >= 15 is 0 Å².